The van der Waals surface area contributed by atoms with Crippen molar-refractivity contribution in [2.24, 2.45) is 5.18 Å². The lowest BCUT2D eigenvalue weighted by Crippen LogP contribution is -2.21. The minimum atomic E-state index is -0.480. The summed E-state index contributed by atoms with van der Waals surface area (Å²) in [6.45, 7) is 2.09. The smallest absolute Gasteiger partial charge is 0.329 e. The lowest BCUT2D eigenvalue weighted by atomic mass is 10.0. The van der Waals surface area contributed by atoms with Crippen LogP contribution >= 0.6 is 0 Å². The predicted molar refractivity (Wildman–Crippen MR) is 82.7 cm³/mol. The number of hydrogen-bond donors (Lipinski definition) is 0. The topological polar surface area (TPSA) is 73.6 Å². The van der Waals surface area contributed by atoms with Gasteiger partial charge in [0.05, 0.1) is 19.1 Å². The Hall–Kier alpha value is -2.50. The van der Waals surface area contributed by atoms with Crippen LogP contribution in [0.1, 0.15) is 31.4 Å². The van der Waals surface area contributed by atoms with Crippen molar-refractivity contribution < 1.29 is 9.53 Å². The molecule has 1 unspecified atom stereocenters. The third kappa shape index (κ3) is 4.25. The van der Waals surface area contributed by atoms with Crippen molar-refractivity contribution in [1.82, 2.24) is 9.55 Å². The molecule has 0 aliphatic carbocycles. The molecule has 2 rings (SSSR count). The number of nitrogens with zero attached hydrogens (tertiary/aromatic N) is 3. The summed E-state index contributed by atoms with van der Waals surface area (Å²) in [6, 6.07) is 9.61. The molecule has 22 heavy (non-hydrogen) atoms. The van der Waals surface area contributed by atoms with Crippen LogP contribution in [-0.4, -0.2) is 22.1 Å². The lowest BCUT2D eigenvalue weighted by molar-refractivity contribution is -0.147. The molecule has 0 amide bonds. The summed E-state index contributed by atoms with van der Waals surface area (Å²) in [6.07, 6.45) is 5.24. The molecule has 0 N–H and O–H groups in total. The molecule has 1 aromatic carbocycles. The molecule has 0 bridgehead atoms. The fraction of sp³-hybridized carbons (Fsp3) is 0.375. The average Bonchev–Trinajstić information content (AvgIpc) is 3.01. The Kier molecular flexibility index (Phi) is 5.82. The maximum absolute atomic E-state index is 12.1. The van der Waals surface area contributed by atoms with Gasteiger partial charge < -0.3 is 9.30 Å². The van der Waals surface area contributed by atoms with Gasteiger partial charge in [-0.2, -0.15) is 0 Å². The van der Waals surface area contributed by atoms with E-state index in [4.69, 9.17) is 4.74 Å². The molecule has 6 heteroatoms. The van der Waals surface area contributed by atoms with Crippen molar-refractivity contribution in [3.63, 3.8) is 0 Å². The SMILES string of the molecule is CCOC(=O)C(CCCc1ccccc1)n1cnc(N=O)c1. The highest BCUT2D eigenvalue weighted by molar-refractivity contribution is 5.74. The van der Waals surface area contributed by atoms with Crippen molar-refractivity contribution in [1.29, 1.82) is 0 Å². The summed E-state index contributed by atoms with van der Waals surface area (Å²) in [7, 11) is 0. The molecule has 0 radical (unpaired) electrons. The van der Waals surface area contributed by atoms with Crippen molar-refractivity contribution in [2.75, 3.05) is 6.61 Å². The van der Waals surface area contributed by atoms with Gasteiger partial charge in [-0.3, -0.25) is 0 Å². The molecule has 1 atom stereocenters. The molecule has 2 aromatic rings. The second kappa shape index (κ2) is 8.07. The summed E-state index contributed by atoms with van der Waals surface area (Å²) in [4.78, 5) is 26.4. The highest BCUT2D eigenvalue weighted by Crippen LogP contribution is 2.20. The van der Waals surface area contributed by atoms with Crippen LogP contribution in [0.25, 0.3) is 0 Å². The average molecular weight is 301 g/mol. The first-order valence-electron chi connectivity index (χ1n) is 7.32. The van der Waals surface area contributed by atoms with E-state index in [1.54, 1.807) is 11.5 Å². The summed E-state index contributed by atoms with van der Waals surface area (Å²) in [5.74, 6) is -0.247. The first-order chi connectivity index (χ1) is 10.7. The van der Waals surface area contributed by atoms with Crippen molar-refractivity contribution in [2.45, 2.75) is 32.2 Å². The van der Waals surface area contributed by atoms with Crippen LogP contribution in [0.15, 0.2) is 48.0 Å². The highest BCUT2D eigenvalue weighted by atomic mass is 16.5. The fourth-order valence-electron chi connectivity index (χ4n) is 2.31. The van der Waals surface area contributed by atoms with Gasteiger partial charge in [-0.25, -0.2) is 9.78 Å². The predicted octanol–water partition coefficient (Wildman–Crippen LogP) is 3.41. The van der Waals surface area contributed by atoms with Crippen LogP contribution in [0.2, 0.25) is 0 Å². The molecule has 0 spiro atoms. The van der Waals surface area contributed by atoms with Crippen LogP contribution in [0, 0.1) is 4.91 Å². The van der Waals surface area contributed by atoms with Crippen LogP contribution in [0.3, 0.4) is 0 Å². The van der Waals surface area contributed by atoms with Crippen molar-refractivity contribution >= 4 is 11.8 Å². The standard InChI is InChI=1S/C16H19N3O3/c1-2-22-16(20)14(19-11-15(18-21)17-12-19)10-6-9-13-7-4-3-5-8-13/h3-5,7-8,11-12,14H,2,6,9-10H2,1H3. The Balaban J connectivity index is 2.01. The molecule has 0 saturated heterocycles. The van der Waals surface area contributed by atoms with Crippen LogP contribution in [-0.2, 0) is 16.0 Å². The minimum absolute atomic E-state index is 0.0670. The van der Waals surface area contributed by atoms with E-state index < -0.39 is 6.04 Å². The van der Waals surface area contributed by atoms with E-state index in [-0.39, 0.29) is 11.8 Å². The Labute approximate surface area is 129 Å². The fourth-order valence-corrected chi connectivity index (χ4v) is 2.31. The van der Waals surface area contributed by atoms with Crippen LogP contribution in [0.5, 0.6) is 0 Å². The van der Waals surface area contributed by atoms with E-state index >= 15 is 0 Å². The molecule has 0 aliphatic rings. The van der Waals surface area contributed by atoms with E-state index in [1.807, 2.05) is 18.2 Å². The maximum Gasteiger partial charge on any atom is 0.329 e. The maximum atomic E-state index is 12.1. The second-order valence-electron chi connectivity index (χ2n) is 4.92. The quantitative estimate of drug-likeness (QED) is 0.553. The number of esters is 1. The third-order valence-electron chi connectivity index (χ3n) is 3.39. The number of hydrogen-bond acceptors (Lipinski definition) is 5. The first-order valence-corrected chi connectivity index (χ1v) is 7.32. The van der Waals surface area contributed by atoms with E-state index in [9.17, 15) is 9.70 Å². The summed E-state index contributed by atoms with van der Waals surface area (Å²) >= 11 is 0. The van der Waals surface area contributed by atoms with E-state index in [0.717, 1.165) is 12.8 Å². The van der Waals surface area contributed by atoms with Crippen molar-refractivity contribution in [3.8, 4) is 0 Å². The summed E-state index contributed by atoms with van der Waals surface area (Å²) in [5.41, 5.74) is 1.23. The number of ether oxygens (including phenoxy) is 1. The molecular weight excluding hydrogens is 282 g/mol. The Morgan fingerprint density at radius 2 is 2.14 bits per heavy atom. The molecule has 0 aliphatic heterocycles. The normalized spacial score (nSPS) is 11.9. The van der Waals surface area contributed by atoms with Gasteiger partial charge in [0.2, 0.25) is 5.82 Å². The lowest BCUT2D eigenvalue weighted by Gasteiger charge is -2.16. The van der Waals surface area contributed by atoms with Crippen LogP contribution < -0.4 is 0 Å². The zero-order valence-electron chi connectivity index (χ0n) is 12.5. The van der Waals surface area contributed by atoms with Gasteiger partial charge in [0.1, 0.15) is 6.04 Å². The third-order valence-corrected chi connectivity index (χ3v) is 3.39. The number of carbonyl (C=O) groups is 1. The van der Waals surface area contributed by atoms with Crippen molar-refractivity contribution in [3.05, 3.63) is 53.3 Å². The van der Waals surface area contributed by atoms with Gasteiger partial charge >= 0.3 is 5.97 Å². The highest BCUT2D eigenvalue weighted by Gasteiger charge is 2.21. The van der Waals surface area contributed by atoms with Gasteiger partial charge in [-0.15, -0.1) is 4.91 Å². The van der Waals surface area contributed by atoms with Gasteiger partial charge in [0, 0.05) is 0 Å². The first kappa shape index (κ1) is 15.9. The second-order valence-corrected chi connectivity index (χ2v) is 4.92. The van der Waals surface area contributed by atoms with Crippen LogP contribution in [0.4, 0.5) is 5.82 Å². The number of nitroso groups, excluding NO2 is 1. The van der Waals surface area contributed by atoms with E-state index in [0.29, 0.717) is 13.0 Å². The molecule has 116 valence electrons. The Morgan fingerprint density at radius 3 is 2.77 bits per heavy atom. The van der Waals surface area contributed by atoms with E-state index in [2.05, 4.69) is 22.3 Å². The monoisotopic (exact) mass is 301 g/mol. The number of aromatic nitrogens is 2. The molecule has 6 nitrogen and oxygen atoms in total. The molecular formula is C16H19N3O3. The number of rotatable bonds is 8. The summed E-state index contributed by atoms with van der Waals surface area (Å²) < 4.78 is 6.70. The number of carbonyl (C=O) groups excluding carboxylic acids is 1. The summed E-state index contributed by atoms with van der Waals surface area (Å²) in [5, 5.41) is 2.77. The molecule has 0 saturated carbocycles. The van der Waals surface area contributed by atoms with E-state index in [1.165, 1.54) is 18.1 Å². The zero-order chi connectivity index (χ0) is 15.8. The minimum Gasteiger partial charge on any atom is -0.464 e. The Bertz CT molecular complexity index is 610. The number of aryl methyl sites for hydroxylation is 1. The Morgan fingerprint density at radius 1 is 1.36 bits per heavy atom. The molecule has 0 fully saturated rings. The molecule has 1 heterocycles. The van der Waals surface area contributed by atoms with Gasteiger partial charge in [0.25, 0.3) is 0 Å². The molecule has 1 aromatic heterocycles. The zero-order valence-corrected chi connectivity index (χ0v) is 12.5. The van der Waals surface area contributed by atoms with Gasteiger partial charge in [0.15, 0.2) is 0 Å². The number of benzene rings is 1. The largest absolute Gasteiger partial charge is 0.464 e. The van der Waals surface area contributed by atoms with Gasteiger partial charge in [-0.1, -0.05) is 30.3 Å². The number of imidazole rings is 1. The van der Waals surface area contributed by atoms with Gasteiger partial charge in [-0.05, 0) is 36.9 Å².